The highest BCUT2D eigenvalue weighted by Gasteiger charge is 2.42. The van der Waals surface area contributed by atoms with E-state index in [2.05, 4.69) is 20.6 Å². The van der Waals surface area contributed by atoms with Crippen LogP contribution in [0, 0.1) is 5.92 Å². The second-order valence-electron chi connectivity index (χ2n) is 6.04. The van der Waals surface area contributed by atoms with Crippen LogP contribution in [0.2, 0.25) is 0 Å². The van der Waals surface area contributed by atoms with Crippen LogP contribution in [0.5, 0.6) is 5.75 Å². The van der Waals surface area contributed by atoms with E-state index >= 15 is 0 Å². The third kappa shape index (κ3) is 7.96. The summed E-state index contributed by atoms with van der Waals surface area (Å²) in [6.45, 7) is 3.34. The Bertz CT molecular complexity index is 543. The first kappa shape index (κ1) is 22.8. The second kappa shape index (κ2) is 11.5. The molecule has 26 heavy (non-hydrogen) atoms. The van der Waals surface area contributed by atoms with Gasteiger partial charge in [0.15, 0.2) is 5.96 Å². The molecule has 2 atom stereocenters. The third-order valence-corrected chi connectivity index (χ3v) is 4.09. The molecule has 0 amide bonds. The van der Waals surface area contributed by atoms with Crippen molar-refractivity contribution in [2.45, 2.75) is 44.8 Å². The lowest BCUT2D eigenvalue weighted by Crippen LogP contribution is -2.47. The van der Waals surface area contributed by atoms with Gasteiger partial charge in [0.1, 0.15) is 12.4 Å². The van der Waals surface area contributed by atoms with E-state index in [1.807, 2.05) is 6.92 Å². The minimum atomic E-state index is -4.12. The Morgan fingerprint density at radius 1 is 1.38 bits per heavy atom. The highest BCUT2D eigenvalue weighted by atomic mass is 127. The number of alkyl halides is 3. The number of guanidine groups is 1. The number of hydrogen-bond donors (Lipinski definition) is 2. The number of ether oxygens (including phenoxy) is 1. The van der Waals surface area contributed by atoms with Crippen molar-refractivity contribution in [2.75, 3.05) is 19.7 Å². The number of aliphatic imine (C=N–C) groups is 1. The van der Waals surface area contributed by atoms with Crippen molar-refractivity contribution in [1.82, 2.24) is 15.6 Å². The molecule has 9 heteroatoms. The van der Waals surface area contributed by atoms with Crippen LogP contribution >= 0.6 is 24.0 Å². The van der Waals surface area contributed by atoms with Gasteiger partial charge in [0.05, 0.1) is 18.7 Å². The van der Waals surface area contributed by atoms with Crippen molar-refractivity contribution in [3.05, 3.63) is 24.5 Å². The Hall–Kier alpha value is -1.26. The molecule has 1 aliphatic carbocycles. The Balaban J connectivity index is 0.00000338. The monoisotopic (exact) mass is 486 g/mol. The summed E-state index contributed by atoms with van der Waals surface area (Å²) >= 11 is 0. The average molecular weight is 486 g/mol. The quantitative estimate of drug-likeness (QED) is 0.279. The number of nitrogens with zero attached hydrogens (tertiary/aromatic N) is 2. The van der Waals surface area contributed by atoms with Gasteiger partial charge in [-0.05, 0) is 38.3 Å². The third-order valence-electron chi connectivity index (χ3n) is 4.09. The first-order chi connectivity index (χ1) is 12.0. The van der Waals surface area contributed by atoms with E-state index in [0.717, 1.165) is 6.42 Å². The number of hydrogen-bond acceptors (Lipinski definition) is 3. The molecule has 1 heterocycles. The largest absolute Gasteiger partial charge is 0.490 e. The van der Waals surface area contributed by atoms with E-state index in [1.165, 1.54) is 0 Å². The SMILES string of the molecule is CCNC(=NCCOc1cccnc1)NC1CCCC(C(F)(F)F)C1.I. The number of nitrogens with one attached hydrogen (secondary N) is 2. The van der Waals surface area contributed by atoms with Gasteiger partial charge in [-0.2, -0.15) is 13.2 Å². The van der Waals surface area contributed by atoms with Gasteiger partial charge in [-0.25, -0.2) is 4.99 Å². The topological polar surface area (TPSA) is 58.5 Å². The first-order valence-electron chi connectivity index (χ1n) is 8.63. The van der Waals surface area contributed by atoms with E-state index in [4.69, 9.17) is 4.74 Å². The molecule has 1 aromatic heterocycles. The summed E-state index contributed by atoms with van der Waals surface area (Å²) in [6, 6.07) is 3.38. The van der Waals surface area contributed by atoms with Crippen LogP contribution in [0.4, 0.5) is 13.2 Å². The predicted molar refractivity (Wildman–Crippen MR) is 106 cm³/mol. The lowest BCUT2D eigenvalue weighted by molar-refractivity contribution is -0.183. The normalized spacial score (nSPS) is 20.8. The fraction of sp³-hybridized carbons (Fsp3) is 0.647. The maximum absolute atomic E-state index is 12.9. The molecule has 1 saturated carbocycles. The smallest absolute Gasteiger partial charge is 0.391 e. The molecule has 1 aliphatic rings. The van der Waals surface area contributed by atoms with E-state index in [1.54, 1.807) is 24.5 Å². The van der Waals surface area contributed by atoms with Crippen LogP contribution in [0.25, 0.3) is 0 Å². The maximum atomic E-state index is 12.9. The molecule has 5 nitrogen and oxygen atoms in total. The van der Waals surface area contributed by atoms with Crippen molar-refractivity contribution in [1.29, 1.82) is 0 Å². The molecule has 2 unspecified atom stereocenters. The zero-order valence-corrected chi connectivity index (χ0v) is 17.1. The molecular formula is C17H26F3IN4O. The molecule has 2 N–H and O–H groups in total. The van der Waals surface area contributed by atoms with Gasteiger partial charge in [0.25, 0.3) is 0 Å². The lowest BCUT2D eigenvalue weighted by Gasteiger charge is -2.31. The highest BCUT2D eigenvalue weighted by molar-refractivity contribution is 14.0. The minimum absolute atomic E-state index is 0. The second-order valence-corrected chi connectivity index (χ2v) is 6.04. The summed E-state index contributed by atoms with van der Waals surface area (Å²) < 4.78 is 44.3. The summed E-state index contributed by atoms with van der Waals surface area (Å²) in [6.07, 6.45) is 0.777. The molecule has 0 spiro atoms. The summed E-state index contributed by atoms with van der Waals surface area (Å²) in [5, 5.41) is 6.20. The fourth-order valence-corrected chi connectivity index (χ4v) is 2.88. The van der Waals surface area contributed by atoms with E-state index in [-0.39, 0.29) is 42.9 Å². The van der Waals surface area contributed by atoms with Gasteiger partial charge in [-0.1, -0.05) is 6.42 Å². The zero-order valence-electron chi connectivity index (χ0n) is 14.8. The van der Waals surface area contributed by atoms with Gasteiger partial charge in [0.2, 0.25) is 0 Å². The van der Waals surface area contributed by atoms with E-state index in [9.17, 15) is 13.2 Å². The molecular weight excluding hydrogens is 460 g/mol. The number of aromatic nitrogens is 1. The van der Waals surface area contributed by atoms with Crippen LogP contribution in [-0.2, 0) is 0 Å². The van der Waals surface area contributed by atoms with Crippen LogP contribution in [-0.4, -0.2) is 42.9 Å². The van der Waals surface area contributed by atoms with Gasteiger partial charge in [0, 0.05) is 18.8 Å². The maximum Gasteiger partial charge on any atom is 0.391 e. The Labute approximate surface area is 169 Å². The Morgan fingerprint density at radius 3 is 2.85 bits per heavy atom. The van der Waals surface area contributed by atoms with Crippen LogP contribution in [0.1, 0.15) is 32.6 Å². The molecule has 1 fully saturated rings. The lowest BCUT2D eigenvalue weighted by atomic mass is 9.85. The number of rotatable bonds is 6. The van der Waals surface area contributed by atoms with Crippen molar-refractivity contribution in [3.63, 3.8) is 0 Å². The van der Waals surface area contributed by atoms with Gasteiger partial charge >= 0.3 is 6.18 Å². The molecule has 0 radical (unpaired) electrons. The van der Waals surface area contributed by atoms with Gasteiger partial charge in [-0.15, -0.1) is 24.0 Å². The van der Waals surface area contributed by atoms with Crippen molar-refractivity contribution >= 4 is 29.9 Å². The minimum Gasteiger partial charge on any atom is -0.490 e. The standard InChI is InChI=1S/C17H25F3N4O.HI/c1-2-22-16(23-9-10-25-15-7-4-8-21-12-15)24-14-6-3-5-13(11-14)17(18,19)20;/h4,7-8,12-14H,2-3,5-6,9-11H2,1H3,(H2,22,23,24);1H. The van der Waals surface area contributed by atoms with Crippen LogP contribution in [0.15, 0.2) is 29.5 Å². The molecule has 0 bridgehead atoms. The van der Waals surface area contributed by atoms with Crippen molar-refractivity contribution in [3.8, 4) is 5.75 Å². The molecule has 1 aromatic rings. The molecule has 148 valence electrons. The van der Waals surface area contributed by atoms with Gasteiger partial charge in [-0.3, -0.25) is 4.98 Å². The van der Waals surface area contributed by atoms with E-state index < -0.39 is 12.1 Å². The first-order valence-corrected chi connectivity index (χ1v) is 8.63. The Morgan fingerprint density at radius 2 is 2.19 bits per heavy atom. The summed E-state index contributed by atoms with van der Waals surface area (Å²) in [5.74, 6) is -0.0309. The Kier molecular flexibility index (Phi) is 10.0. The summed E-state index contributed by atoms with van der Waals surface area (Å²) in [5.41, 5.74) is 0. The average Bonchev–Trinajstić information content (AvgIpc) is 2.59. The zero-order chi connectivity index (χ0) is 18.1. The fourth-order valence-electron chi connectivity index (χ4n) is 2.88. The number of halogens is 4. The predicted octanol–water partition coefficient (Wildman–Crippen LogP) is 3.75. The van der Waals surface area contributed by atoms with Crippen LogP contribution < -0.4 is 15.4 Å². The molecule has 0 aromatic carbocycles. The number of pyridine rings is 1. The summed E-state index contributed by atoms with van der Waals surface area (Å²) in [4.78, 5) is 8.33. The van der Waals surface area contributed by atoms with Crippen LogP contribution in [0.3, 0.4) is 0 Å². The molecule has 0 aliphatic heterocycles. The van der Waals surface area contributed by atoms with Crippen molar-refractivity contribution in [2.24, 2.45) is 10.9 Å². The summed E-state index contributed by atoms with van der Waals surface area (Å²) in [7, 11) is 0. The molecule has 2 rings (SSSR count). The van der Waals surface area contributed by atoms with Gasteiger partial charge < -0.3 is 15.4 Å². The van der Waals surface area contributed by atoms with E-state index in [0.29, 0.717) is 37.8 Å². The highest BCUT2D eigenvalue weighted by Crippen LogP contribution is 2.37. The van der Waals surface area contributed by atoms with Crippen molar-refractivity contribution < 1.29 is 17.9 Å². The molecule has 0 saturated heterocycles.